The minimum atomic E-state index is -0.964. The molecule has 3 N–H and O–H groups in total. The Morgan fingerprint density at radius 2 is 2.20 bits per heavy atom. The molecule has 5 nitrogen and oxygen atoms in total. The van der Waals surface area contributed by atoms with Crippen LogP contribution in [0.25, 0.3) is 0 Å². The molecule has 2 rings (SSSR count). The minimum Gasteiger partial charge on any atom is -0.480 e. The summed E-state index contributed by atoms with van der Waals surface area (Å²) in [5, 5.41) is 14.9. The molecule has 1 fully saturated rings. The molecule has 1 heterocycles. The number of carbonyl (C=O) groups excluding carboxylic acids is 1. The third kappa shape index (κ3) is 4.76. The van der Waals surface area contributed by atoms with E-state index in [-0.39, 0.29) is 34.8 Å². The molecule has 0 saturated carbocycles. The molecule has 1 saturated heterocycles. The highest BCUT2D eigenvalue weighted by molar-refractivity contribution is 8.93. The molecule has 1 unspecified atom stereocenters. The maximum atomic E-state index is 11.9. The molecule has 0 aromatic carbocycles. The van der Waals surface area contributed by atoms with Crippen LogP contribution in [-0.2, 0) is 9.59 Å². The second-order valence-electron chi connectivity index (χ2n) is 5.09. The highest BCUT2D eigenvalue weighted by Gasteiger charge is 2.28. The van der Waals surface area contributed by atoms with Crippen molar-refractivity contribution < 1.29 is 14.7 Å². The Morgan fingerprint density at radius 1 is 1.40 bits per heavy atom. The predicted molar refractivity (Wildman–Crippen MR) is 81.9 cm³/mol. The van der Waals surface area contributed by atoms with Crippen molar-refractivity contribution >= 4 is 28.9 Å². The van der Waals surface area contributed by atoms with Gasteiger partial charge in [-0.1, -0.05) is 24.3 Å². The molecule has 0 aromatic rings. The van der Waals surface area contributed by atoms with Crippen molar-refractivity contribution in [1.82, 2.24) is 10.6 Å². The van der Waals surface area contributed by atoms with Crippen LogP contribution in [0.1, 0.15) is 25.7 Å². The first-order valence-electron chi connectivity index (χ1n) is 6.76. The van der Waals surface area contributed by atoms with E-state index in [9.17, 15) is 14.7 Å². The van der Waals surface area contributed by atoms with Gasteiger partial charge in [0, 0.05) is 0 Å². The zero-order valence-electron chi connectivity index (χ0n) is 11.2. The Labute approximate surface area is 129 Å². The lowest BCUT2D eigenvalue weighted by Crippen LogP contribution is -2.48. The summed E-state index contributed by atoms with van der Waals surface area (Å²) >= 11 is 0. The van der Waals surface area contributed by atoms with Crippen molar-refractivity contribution in [2.45, 2.75) is 37.8 Å². The van der Waals surface area contributed by atoms with E-state index in [1.54, 1.807) is 0 Å². The van der Waals surface area contributed by atoms with Crippen LogP contribution in [0.4, 0.5) is 0 Å². The minimum absolute atomic E-state index is 0. The van der Waals surface area contributed by atoms with Gasteiger partial charge in [0.1, 0.15) is 6.04 Å². The molecule has 0 bridgehead atoms. The molecule has 0 spiro atoms. The average molecular weight is 345 g/mol. The number of nitrogens with one attached hydrogen (secondary N) is 2. The molecular formula is C14H21BrN2O3. The normalized spacial score (nSPS) is 25.8. The Hall–Kier alpha value is -1.14. The van der Waals surface area contributed by atoms with E-state index in [0.717, 1.165) is 25.8 Å². The molecule has 3 atom stereocenters. The van der Waals surface area contributed by atoms with Crippen LogP contribution in [0.5, 0.6) is 0 Å². The summed E-state index contributed by atoms with van der Waals surface area (Å²) < 4.78 is 0. The van der Waals surface area contributed by atoms with Crippen molar-refractivity contribution in [2.75, 3.05) is 6.54 Å². The van der Waals surface area contributed by atoms with Gasteiger partial charge in [-0.3, -0.25) is 4.79 Å². The van der Waals surface area contributed by atoms with Crippen LogP contribution in [0.2, 0.25) is 0 Å². The topological polar surface area (TPSA) is 78.4 Å². The standard InChI is InChI=1S/C14H20N2O3.BrH/c17-13(11-7-4-8-15-11)16-12(14(18)19)9-10-5-2-1-3-6-10;/h1-3,5,10-12,15H,4,6-9H2,(H,16,17)(H,18,19);1H/t10?,11-,12-;/m0./s1. The summed E-state index contributed by atoms with van der Waals surface area (Å²) in [5.74, 6) is -0.975. The smallest absolute Gasteiger partial charge is 0.326 e. The molecular weight excluding hydrogens is 324 g/mol. The van der Waals surface area contributed by atoms with Gasteiger partial charge in [-0.05, 0) is 38.1 Å². The summed E-state index contributed by atoms with van der Waals surface area (Å²) in [6.07, 6.45) is 10.9. The number of aliphatic carboxylic acids is 1. The monoisotopic (exact) mass is 344 g/mol. The van der Waals surface area contributed by atoms with Crippen molar-refractivity contribution in [1.29, 1.82) is 0 Å². The van der Waals surface area contributed by atoms with Crippen molar-refractivity contribution in [2.24, 2.45) is 5.92 Å². The van der Waals surface area contributed by atoms with Crippen LogP contribution in [0, 0.1) is 5.92 Å². The van der Waals surface area contributed by atoms with E-state index in [1.807, 2.05) is 24.3 Å². The number of carboxylic acids is 1. The van der Waals surface area contributed by atoms with Crippen molar-refractivity contribution in [3.05, 3.63) is 24.3 Å². The van der Waals surface area contributed by atoms with E-state index in [1.165, 1.54) is 0 Å². The Balaban J connectivity index is 0.00000200. The maximum absolute atomic E-state index is 11.9. The number of amides is 1. The van der Waals surface area contributed by atoms with Crippen LogP contribution in [0.3, 0.4) is 0 Å². The van der Waals surface area contributed by atoms with Gasteiger partial charge in [0.05, 0.1) is 6.04 Å². The highest BCUT2D eigenvalue weighted by atomic mass is 79.9. The Morgan fingerprint density at radius 3 is 2.75 bits per heavy atom. The van der Waals surface area contributed by atoms with Gasteiger partial charge >= 0.3 is 5.97 Å². The molecule has 1 aliphatic carbocycles. The summed E-state index contributed by atoms with van der Waals surface area (Å²) in [7, 11) is 0. The lowest BCUT2D eigenvalue weighted by Gasteiger charge is -2.21. The number of hydrogen-bond acceptors (Lipinski definition) is 3. The zero-order valence-corrected chi connectivity index (χ0v) is 13.0. The van der Waals surface area contributed by atoms with Crippen LogP contribution < -0.4 is 10.6 Å². The second-order valence-corrected chi connectivity index (χ2v) is 5.09. The SMILES string of the molecule is Br.O=C(O)[C@H](CC1C=CC=CC1)NC(=O)[C@@H]1CCCN1. The number of carboxylic acid groups (broad SMARTS) is 1. The van der Waals surface area contributed by atoms with Gasteiger partial charge in [-0.15, -0.1) is 17.0 Å². The van der Waals surface area contributed by atoms with E-state index >= 15 is 0 Å². The van der Waals surface area contributed by atoms with Crippen molar-refractivity contribution in [3.8, 4) is 0 Å². The highest BCUT2D eigenvalue weighted by Crippen LogP contribution is 2.18. The van der Waals surface area contributed by atoms with Crippen LogP contribution in [-0.4, -0.2) is 35.6 Å². The molecule has 112 valence electrons. The Kier molecular flexibility index (Phi) is 6.95. The molecule has 6 heteroatoms. The van der Waals surface area contributed by atoms with E-state index in [4.69, 9.17) is 0 Å². The first-order chi connectivity index (χ1) is 9.16. The number of allylic oxidation sites excluding steroid dienone is 4. The number of halogens is 1. The van der Waals surface area contributed by atoms with Crippen molar-refractivity contribution in [3.63, 3.8) is 0 Å². The van der Waals surface area contributed by atoms with Gasteiger partial charge in [-0.2, -0.15) is 0 Å². The molecule has 2 aliphatic rings. The number of carbonyl (C=O) groups is 2. The van der Waals surface area contributed by atoms with E-state index in [2.05, 4.69) is 10.6 Å². The van der Waals surface area contributed by atoms with Gasteiger partial charge in [0.15, 0.2) is 0 Å². The number of rotatable bonds is 5. The first kappa shape index (κ1) is 16.9. The lowest BCUT2D eigenvalue weighted by molar-refractivity contribution is -0.142. The predicted octanol–water partition coefficient (Wildman–Crippen LogP) is 1.41. The third-order valence-corrected chi connectivity index (χ3v) is 3.60. The first-order valence-corrected chi connectivity index (χ1v) is 6.76. The second kappa shape index (κ2) is 8.21. The maximum Gasteiger partial charge on any atom is 0.326 e. The lowest BCUT2D eigenvalue weighted by atomic mass is 9.93. The molecule has 0 radical (unpaired) electrons. The molecule has 1 aliphatic heterocycles. The van der Waals surface area contributed by atoms with Gasteiger partial charge in [0.2, 0.25) is 5.91 Å². The molecule has 1 amide bonds. The molecule has 0 aromatic heterocycles. The summed E-state index contributed by atoms with van der Waals surface area (Å²) in [6.45, 7) is 0.825. The zero-order chi connectivity index (χ0) is 13.7. The largest absolute Gasteiger partial charge is 0.480 e. The Bertz CT molecular complexity index is 403. The molecule has 20 heavy (non-hydrogen) atoms. The van der Waals surface area contributed by atoms with Gasteiger partial charge in [0.25, 0.3) is 0 Å². The fourth-order valence-electron chi connectivity index (χ4n) is 2.51. The fraction of sp³-hybridized carbons (Fsp3) is 0.571. The fourth-order valence-corrected chi connectivity index (χ4v) is 2.51. The third-order valence-electron chi connectivity index (χ3n) is 3.60. The van der Waals surface area contributed by atoms with E-state index < -0.39 is 12.0 Å². The number of hydrogen-bond donors (Lipinski definition) is 3. The van der Waals surface area contributed by atoms with Crippen LogP contribution in [0.15, 0.2) is 24.3 Å². The van der Waals surface area contributed by atoms with Gasteiger partial charge in [-0.25, -0.2) is 4.79 Å². The average Bonchev–Trinajstić information content (AvgIpc) is 2.93. The summed E-state index contributed by atoms with van der Waals surface area (Å²) in [6, 6.07) is -1.04. The summed E-state index contributed by atoms with van der Waals surface area (Å²) in [5.41, 5.74) is 0. The van der Waals surface area contributed by atoms with E-state index in [0.29, 0.717) is 6.42 Å². The summed E-state index contributed by atoms with van der Waals surface area (Å²) in [4.78, 5) is 23.2. The quantitative estimate of drug-likeness (QED) is 0.704. The van der Waals surface area contributed by atoms with Crippen LogP contribution >= 0.6 is 17.0 Å². The van der Waals surface area contributed by atoms with Gasteiger partial charge < -0.3 is 15.7 Å².